The molecule has 34 heavy (non-hydrogen) atoms. The monoisotopic (exact) mass is 509 g/mol. The molecule has 1 saturated heterocycles. The zero-order chi connectivity index (χ0) is 24.8. The number of benzene rings is 2. The van der Waals surface area contributed by atoms with Gasteiger partial charge in [-0.25, -0.2) is 16.8 Å². The molecule has 1 fully saturated rings. The van der Waals surface area contributed by atoms with E-state index < -0.39 is 20.0 Å². The van der Waals surface area contributed by atoms with Crippen molar-refractivity contribution in [2.75, 3.05) is 42.6 Å². The van der Waals surface area contributed by atoms with E-state index in [-0.39, 0.29) is 23.8 Å². The van der Waals surface area contributed by atoms with Crippen LogP contribution in [0.2, 0.25) is 0 Å². The number of hydrogen-bond donors (Lipinski definition) is 1. The molecule has 1 aliphatic rings. The zero-order valence-corrected chi connectivity index (χ0v) is 21.1. The first-order valence-electron chi connectivity index (χ1n) is 11.1. The predicted octanol–water partition coefficient (Wildman–Crippen LogP) is 3.05. The second kappa shape index (κ2) is 11.2. The number of anilines is 2. The highest BCUT2D eigenvalue weighted by molar-refractivity contribution is 7.92. The minimum atomic E-state index is -3.53. The number of rotatable bonds is 10. The van der Waals surface area contributed by atoms with Gasteiger partial charge >= 0.3 is 0 Å². The fourth-order valence-corrected chi connectivity index (χ4v) is 6.29. The first-order valence-corrected chi connectivity index (χ1v) is 14.4. The molecule has 2 aromatic carbocycles. The molecule has 0 radical (unpaired) electrons. The van der Waals surface area contributed by atoms with E-state index in [0.717, 1.165) is 25.5 Å². The van der Waals surface area contributed by atoms with Crippen LogP contribution in [0.15, 0.2) is 53.4 Å². The van der Waals surface area contributed by atoms with Gasteiger partial charge in [-0.2, -0.15) is 4.31 Å². The lowest BCUT2D eigenvalue weighted by Crippen LogP contribution is -2.35. The van der Waals surface area contributed by atoms with E-state index in [2.05, 4.69) is 5.32 Å². The molecule has 1 heterocycles. The zero-order valence-electron chi connectivity index (χ0n) is 19.4. The van der Waals surface area contributed by atoms with Crippen molar-refractivity contribution in [2.24, 2.45) is 0 Å². The third kappa shape index (κ3) is 6.71. The molecule has 3 rings (SSSR count). The molecule has 0 spiro atoms. The number of piperidine rings is 1. The minimum absolute atomic E-state index is 0.107. The number of hydrogen-bond acceptors (Lipinski definition) is 6. The van der Waals surface area contributed by atoms with Crippen LogP contribution in [-0.4, -0.2) is 60.0 Å². The number of sulfonamides is 2. The van der Waals surface area contributed by atoms with Gasteiger partial charge in [0.1, 0.15) is 5.75 Å². The summed E-state index contributed by atoms with van der Waals surface area (Å²) in [5.41, 5.74) is 0.979. The summed E-state index contributed by atoms with van der Waals surface area (Å²) in [6.07, 6.45) is 4.31. The Labute approximate surface area is 201 Å². The maximum Gasteiger partial charge on any atom is 0.243 e. The van der Waals surface area contributed by atoms with Crippen LogP contribution in [-0.2, 0) is 24.8 Å². The molecular formula is C23H31N3O6S2. The van der Waals surface area contributed by atoms with Gasteiger partial charge in [0.2, 0.25) is 26.0 Å². The van der Waals surface area contributed by atoms with Gasteiger partial charge in [-0.05, 0) is 67.8 Å². The number of nitrogens with zero attached hydrogens (tertiary/aromatic N) is 2. The lowest BCUT2D eigenvalue weighted by molar-refractivity contribution is -0.116. The first kappa shape index (κ1) is 26.0. The smallest absolute Gasteiger partial charge is 0.243 e. The minimum Gasteiger partial charge on any atom is -0.497 e. The van der Waals surface area contributed by atoms with Gasteiger partial charge < -0.3 is 10.1 Å². The quantitative estimate of drug-likeness (QED) is 0.527. The first-order chi connectivity index (χ1) is 16.1. The fourth-order valence-electron chi connectivity index (χ4n) is 3.81. The van der Waals surface area contributed by atoms with Crippen LogP contribution in [0, 0.1) is 0 Å². The summed E-state index contributed by atoms with van der Waals surface area (Å²) < 4.78 is 57.8. The third-order valence-corrected chi connectivity index (χ3v) is 8.72. The van der Waals surface area contributed by atoms with Crippen molar-refractivity contribution in [1.29, 1.82) is 0 Å². The summed E-state index contributed by atoms with van der Waals surface area (Å²) in [5.74, 6) is 0.334. The van der Waals surface area contributed by atoms with Crippen molar-refractivity contribution in [2.45, 2.75) is 37.0 Å². The molecule has 1 amide bonds. The Hall–Kier alpha value is -2.63. The summed E-state index contributed by atoms with van der Waals surface area (Å²) in [6.45, 7) is 1.20. The molecule has 186 valence electrons. The van der Waals surface area contributed by atoms with Crippen molar-refractivity contribution < 1.29 is 26.4 Å². The Balaban J connectivity index is 1.55. The number of carbonyl (C=O) groups is 1. The van der Waals surface area contributed by atoms with Gasteiger partial charge in [-0.3, -0.25) is 9.10 Å². The van der Waals surface area contributed by atoms with E-state index in [1.54, 1.807) is 36.4 Å². The van der Waals surface area contributed by atoms with E-state index in [0.29, 0.717) is 36.6 Å². The summed E-state index contributed by atoms with van der Waals surface area (Å²) >= 11 is 0. The van der Waals surface area contributed by atoms with Crippen molar-refractivity contribution in [3.05, 3.63) is 48.5 Å². The Bertz CT molecular complexity index is 1170. The molecule has 1 N–H and O–H groups in total. The van der Waals surface area contributed by atoms with Crippen LogP contribution < -0.4 is 14.4 Å². The molecule has 1 aliphatic heterocycles. The van der Waals surface area contributed by atoms with Gasteiger partial charge in [-0.15, -0.1) is 0 Å². The van der Waals surface area contributed by atoms with Gasteiger partial charge in [-0.1, -0.05) is 6.42 Å². The topological polar surface area (TPSA) is 113 Å². The summed E-state index contributed by atoms with van der Waals surface area (Å²) in [5, 5.41) is 2.74. The van der Waals surface area contributed by atoms with Gasteiger partial charge in [0, 0.05) is 31.7 Å². The highest BCUT2D eigenvalue weighted by Crippen LogP contribution is 2.23. The molecule has 0 atom stereocenters. The number of methoxy groups -OCH3 is 1. The van der Waals surface area contributed by atoms with Crippen LogP contribution in [0.1, 0.15) is 32.1 Å². The molecule has 11 heteroatoms. The van der Waals surface area contributed by atoms with Gasteiger partial charge in [0.25, 0.3) is 0 Å². The average Bonchev–Trinajstić information content (AvgIpc) is 2.82. The number of ether oxygens (including phenoxy) is 1. The second-order valence-electron chi connectivity index (χ2n) is 8.17. The molecule has 0 unspecified atom stereocenters. The van der Waals surface area contributed by atoms with Gasteiger partial charge in [0.15, 0.2) is 0 Å². The number of nitrogens with one attached hydrogen (secondary N) is 1. The third-order valence-electron chi connectivity index (χ3n) is 5.62. The average molecular weight is 510 g/mol. The molecule has 0 bridgehead atoms. The highest BCUT2D eigenvalue weighted by atomic mass is 32.2. The van der Waals surface area contributed by atoms with Crippen LogP contribution in [0.4, 0.5) is 11.4 Å². The molecule has 0 aromatic heterocycles. The van der Waals surface area contributed by atoms with E-state index >= 15 is 0 Å². The lowest BCUT2D eigenvalue weighted by atomic mass is 10.2. The van der Waals surface area contributed by atoms with Crippen LogP contribution in [0.3, 0.4) is 0 Å². The fraction of sp³-hybridized carbons (Fsp3) is 0.435. The molecular weight excluding hydrogens is 478 g/mol. The predicted molar refractivity (Wildman–Crippen MR) is 132 cm³/mol. The number of amides is 1. The van der Waals surface area contributed by atoms with Crippen molar-refractivity contribution in [1.82, 2.24) is 4.31 Å². The maximum absolute atomic E-state index is 12.7. The molecule has 0 aliphatic carbocycles. The SMILES string of the molecule is COc1ccc(N(CCCC(=O)Nc2ccc(S(=O)(=O)N3CCCCC3)cc2)S(C)(=O)=O)cc1. The van der Waals surface area contributed by atoms with Crippen molar-refractivity contribution in [3.8, 4) is 5.75 Å². The van der Waals surface area contributed by atoms with E-state index in [1.165, 1.54) is 27.9 Å². The van der Waals surface area contributed by atoms with Crippen LogP contribution in [0.25, 0.3) is 0 Å². The van der Waals surface area contributed by atoms with E-state index in [9.17, 15) is 21.6 Å². The molecule has 9 nitrogen and oxygen atoms in total. The summed E-state index contributed by atoms with van der Waals surface area (Å²) in [6, 6.07) is 12.8. The Kier molecular flexibility index (Phi) is 8.56. The van der Waals surface area contributed by atoms with Crippen molar-refractivity contribution in [3.63, 3.8) is 0 Å². The van der Waals surface area contributed by atoms with Gasteiger partial charge in [0.05, 0.1) is 23.9 Å². The number of carbonyl (C=O) groups excluding carboxylic acids is 1. The lowest BCUT2D eigenvalue weighted by Gasteiger charge is -2.25. The summed E-state index contributed by atoms with van der Waals surface area (Å²) in [4.78, 5) is 12.6. The van der Waals surface area contributed by atoms with E-state index in [4.69, 9.17) is 4.74 Å². The Morgan fingerprint density at radius 2 is 1.59 bits per heavy atom. The van der Waals surface area contributed by atoms with Crippen molar-refractivity contribution >= 4 is 37.3 Å². The molecule has 0 saturated carbocycles. The largest absolute Gasteiger partial charge is 0.497 e. The molecule has 2 aromatic rings. The standard InChI is InChI=1S/C23H31N3O6S2/c1-32-21-12-10-20(11-13-21)26(33(2,28)29)18-6-7-23(27)24-19-8-14-22(15-9-19)34(30,31)25-16-4-3-5-17-25/h8-15H,3-7,16-18H2,1-2H3,(H,24,27). The normalized spacial score (nSPS) is 15.0. The maximum atomic E-state index is 12.7. The summed E-state index contributed by atoms with van der Waals surface area (Å²) in [7, 11) is -5.52. The van der Waals surface area contributed by atoms with Crippen LogP contribution >= 0.6 is 0 Å². The highest BCUT2D eigenvalue weighted by Gasteiger charge is 2.25. The Morgan fingerprint density at radius 1 is 0.971 bits per heavy atom. The van der Waals surface area contributed by atoms with Crippen LogP contribution in [0.5, 0.6) is 5.75 Å². The Morgan fingerprint density at radius 3 is 2.15 bits per heavy atom. The second-order valence-corrected chi connectivity index (χ2v) is 12.0. The van der Waals surface area contributed by atoms with E-state index in [1.807, 2.05) is 0 Å².